The van der Waals surface area contributed by atoms with Crippen molar-refractivity contribution in [3.05, 3.63) is 26.6 Å². The molecule has 1 aromatic carbocycles. The molecule has 0 bridgehead atoms. The first-order valence-corrected chi connectivity index (χ1v) is 7.10. The molecular weight excluding hydrogens is 350 g/mol. The third-order valence-corrected chi connectivity index (χ3v) is 4.25. The Balaban J connectivity index is 2.04. The first-order valence-electron chi connectivity index (χ1n) is 5.52. The molecule has 0 aromatic heterocycles. The zero-order chi connectivity index (χ0) is 12.4. The molecule has 3 nitrogen and oxygen atoms in total. The zero-order valence-corrected chi connectivity index (χ0v) is 12.8. The van der Waals surface area contributed by atoms with Crippen molar-refractivity contribution < 1.29 is 9.84 Å². The quantitative estimate of drug-likeness (QED) is 0.894. The van der Waals surface area contributed by atoms with Crippen molar-refractivity contribution in [1.29, 1.82) is 0 Å². The molecule has 0 spiro atoms. The molecule has 5 heteroatoms. The summed E-state index contributed by atoms with van der Waals surface area (Å²) in [5, 5.41) is 9.64. The van der Waals surface area contributed by atoms with Crippen LogP contribution >= 0.6 is 31.9 Å². The maximum atomic E-state index is 9.64. The summed E-state index contributed by atoms with van der Waals surface area (Å²) >= 11 is 6.70. The Morgan fingerprint density at radius 3 is 2.59 bits per heavy atom. The number of nitrogens with zero attached hydrogens (tertiary/aromatic N) is 1. The molecule has 1 aromatic rings. The normalized spacial score (nSPS) is 21.0. The number of likely N-dealkylation sites (tertiary alicyclic amines) is 1. The van der Waals surface area contributed by atoms with Crippen molar-refractivity contribution >= 4 is 31.9 Å². The average Bonchev–Trinajstić information content (AvgIpc) is 2.73. The molecule has 1 atom stereocenters. The van der Waals surface area contributed by atoms with Gasteiger partial charge in [-0.25, -0.2) is 0 Å². The summed E-state index contributed by atoms with van der Waals surface area (Å²) in [6.45, 7) is 2.93. The molecular formula is C12H15Br2NO2. The highest BCUT2D eigenvalue weighted by Crippen LogP contribution is 2.33. The van der Waals surface area contributed by atoms with Gasteiger partial charge in [-0.05, 0) is 56.0 Å². The van der Waals surface area contributed by atoms with E-state index < -0.39 is 0 Å². The lowest BCUT2D eigenvalue weighted by Crippen LogP contribution is -2.22. The summed E-state index contributed by atoms with van der Waals surface area (Å²) in [5.74, 6) is 0.255. The molecule has 1 heterocycles. The lowest BCUT2D eigenvalue weighted by atomic mass is 10.2. The molecule has 1 unspecified atom stereocenters. The Morgan fingerprint density at radius 1 is 1.41 bits per heavy atom. The third kappa shape index (κ3) is 3.22. The molecule has 1 N–H and O–H groups in total. The van der Waals surface area contributed by atoms with Gasteiger partial charge >= 0.3 is 0 Å². The number of rotatable bonds is 3. The second-order valence-corrected chi connectivity index (χ2v) is 6.00. The number of ether oxygens (including phenoxy) is 1. The van der Waals surface area contributed by atoms with Crippen LogP contribution in [0, 0.1) is 0 Å². The van der Waals surface area contributed by atoms with Gasteiger partial charge in [0.15, 0.2) is 0 Å². The van der Waals surface area contributed by atoms with E-state index in [0.29, 0.717) is 6.10 Å². The molecule has 0 aliphatic carbocycles. The Kier molecular flexibility index (Phi) is 4.47. The van der Waals surface area contributed by atoms with Crippen molar-refractivity contribution in [2.24, 2.45) is 0 Å². The van der Waals surface area contributed by atoms with Crippen LogP contribution in [0.4, 0.5) is 0 Å². The number of phenolic OH excluding ortho intramolecular Hbond substituents is 1. The minimum atomic E-state index is 0.255. The van der Waals surface area contributed by atoms with Gasteiger partial charge in [0.05, 0.1) is 15.0 Å². The highest BCUT2D eigenvalue weighted by Gasteiger charge is 2.22. The van der Waals surface area contributed by atoms with Crippen LogP contribution in [-0.4, -0.2) is 36.3 Å². The van der Waals surface area contributed by atoms with Gasteiger partial charge in [-0.15, -0.1) is 0 Å². The van der Waals surface area contributed by atoms with E-state index in [0.717, 1.165) is 35.0 Å². The first kappa shape index (κ1) is 13.3. The van der Waals surface area contributed by atoms with Gasteiger partial charge in [-0.3, -0.25) is 4.90 Å². The molecule has 2 rings (SSSR count). The maximum Gasteiger partial charge on any atom is 0.143 e. The predicted octanol–water partition coefficient (Wildman–Crippen LogP) is 3.14. The van der Waals surface area contributed by atoms with E-state index in [-0.39, 0.29) is 5.75 Å². The van der Waals surface area contributed by atoms with Gasteiger partial charge in [0.2, 0.25) is 0 Å². The molecule has 0 radical (unpaired) electrons. The summed E-state index contributed by atoms with van der Waals surface area (Å²) in [4.78, 5) is 2.36. The average molecular weight is 365 g/mol. The van der Waals surface area contributed by atoms with Crippen LogP contribution in [-0.2, 0) is 11.3 Å². The van der Waals surface area contributed by atoms with Crippen LogP contribution in [0.2, 0.25) is 0 Å². The topological polar surface area (TPSA) is 32.7 Å². The molecule has 0 amide bonds. The lowest BCUT2D eigenvalue weighted by molar-refractivity contribution is 0.107. The summed E-state index contributed by atoms with van der Waals surface area (Å²) in [5.41, 5.74) is 1.18. The summed E-state index contributed by atoms with van der Waals surface area (Å²) in [7, 11) is 1.77. The minimum Gasteiger partial charge on any atom is -0.506 e. The second kappa shape index (κ2) is 5.69. The van der Waals surface area contributed by atoms with Crippen LogP contribution in [0.15, 0.2) is 21.1 Å². The molecule has 1 saturated heterocycles. The zero-order valence-electron chi connectivity index (χ0n) is 9.62. The molecule has 94 valence electrons. The number of methoxy groups -OCH3 is 1. The van der Waals surface area contributed by atoms with E-state index >= 15 is 0 Å². The maximum absolute atomic E-state index is 9.64. The van der Waals surface area contributed by atoms with Crippen molar-refractivity contribution in [2.45, 2.75) is 19.1 Å². The minimum absolute atomic E-state index is 0.255. The standard InChI is InChI=1S/C12H15Br2NO2/c1-17-9-2-3-15(7-9)6-8-4-10(13)12(16)11(14)5-8/h4-5,9,16H,2-3,6-7H2,1H3. The van der Waals surface area contributed by atoms with E-state index in [9.17, 15) is 5.11 Å². The molecule has 17 heavy (non-hydrogen) atoms. The summed E-state index contributed by atoms with van der Waals surface area (Å²) in [6, 6.07) is 3.92. The largest absolute Gasteiger partial charge is 0.506 e. The van der Waals surface area contributed by atoms with Crippen LogP contribution in [0.25, 0.3) is 0 Å². The summed E-state index contributed by atoms with van der Waals surface area (Å²) < 4.78 is 6.80. The number of benzene rings is 1. The summed E-state index contributed by atoms with van der Waals surface area (Å²) in [6.07, 6.45) is 1.45. The number of hydrogen-bond acceptors (Lipinski definition) is 3. The van der Waals surface area contributed by atoms with Crippen LogP contribution in [0.1, 0.15) is 12.0 Å². The van der Waals surface area contributed by atoms with Gasteiger partial charge in [0.25, 0.3) is 0 Å². The van der Waals surface area contributed by atoms with Crippen LogP contribution in [0.3, 0.4) is 0 Å². The Morgan fingerprint density at radius 2 is 2.06 bits per heavy atom. The third-order valence-electron chi connectivity index (χ3n) is 3.05. The number of aromatic hydroxyl groups is 1. The fourth-order valence-electron chi connectivity index (χ4n) is 2.10. The van der Waals surface area contributed by atoms with Crippen LogP contribution in [0.5, 0.6) is 5.75 Å². The highest BCUT2D eigenvalue weighted by molar-refractivity contribution is 9.11. The van der Waals surface area contributed by atoms with Gasteiger partial charge in [-0.1, -0.05) is 0 Å². The monoisotopic (exact) mass is 363 g/mol. The Hall–Kier alpha value is -0.100. The van der Waals surface area contributed by atoms with Crippen LogP contribution < -0.4 is 0 Å². The predicted molar refractivity (Wildman–Crippen MR) is 74.2 cm³/mol. The van der Waals surface area contributed by atoms with Crippen molar-refractivity contribution in [1.82, 2.24) is 4.90 Å². The second-order valence-electron chi connectivity index (χ2n) is 4.29. The molecule has 0 saturated carbocycles. The van der Waals surface area contributed by atoms with Gasteiger partial charge in [0, 0.05) is 26.7 Å². The van der Waals surface area contributed by atoms with E-state index in [1.807, 2.05) is 12.1 Å². The lowest BCUT2D eigenvalue weighted by Gasteiger charge is -2.16. The van der Waals surface area contributed by atoms with E-state index in [1.165, 1.54) is 5.56 Å². The van der Waals surface area contributed by atoms with Crippen molar-refractivity contribution in [3.63, 3.8) is 0 Å². The van der Waals surface area contributed by atoms with Gasteiger partial charge < -0.3 is 9.84 Å². The number of hydrogen-bond donors (Lipinski definition) is 1. The molecule has 1 fully saturated rings. The fraction of sp³-hybridized carbons (Fsp3) is 0.500. The highest BCUT2D eigenvalue weighted by atomic mass is 79.9. The van der Waals surface area contributed by atoms with E-state index in [1.54, 1.807) is 7.11 Å². The Bertz CT molecular complexity index is 388. The van der Waals surface area contributed by atoms with Crippen molar-refractivity contribution in [3.8, 4) is 5.75 Å². The SMILES string of the molecule is COC1CCN(Cc2cc(Br)c(O)c(Br)c2)C1. The smallest absolute Gasteiger partial charge is 0.143 e. The van der Waals surface area contributed by atoms with Crippen molar-refractivity contribution in [2.75, 3.05) is 20.2 Å². The van der Waals surface area contributed by atoms with Gasteiger partial charge in [0.1, 0.15) is 5.75 Å². The molecule has 1 aliphatic rings. The number of halogens is 2. The number of phenols is 1. The Labute approximate surface area is 118 Å². The molecule has 1 aliphatic heterocycles. The van der Waals surface area contributed by atoms with E-state index in [4.69, 9.17) is 4.74 Å². The van der Waals surface area contributed by atoms with E-state index in [2.05, 4.69) is 36.8 Å². The first-order chi connectivity index (χ1) is 8.10. The fourth-order valence-corrected chi connectivity index (χ4v) is 3.38. The van der Waals surface area contributed by atoms with Gasteiger partial charge in [-0.2, -0.15) is 0 Å².